The van der Waals surface area contributed by atoms with Gasteiger partial charge in [-0.3, -0.25) is 0 Å². The Hall–Kier alpha value is -1.04. The highest BCUT2D eigenvalue weighted by Crippen LogP contribution is 2.40. The molecular weight excluding hydrogens is 422 g/mol. The molecule has 2 atom stereocenters. The average Bonchev–Trinajstić information content (AvgIpc) is 2.86. The summed E-state index contributed by atoms with van der Waals surface area (Å²) in [5, 5.41) is 0. The quantitative estimate of drug-likeness (QED) is 0.369. The highest BCUT2D eigenvalue weighted by molar-refractivity contribution is 5.30. The first-order valence-electron chi connectivity index (χ1n) is 13.4. The van der Waals surface area contributed by atoms with E-state index in [4.69, 9.17) is 14.2 Å². The summed E-state index contributed by atoms with van der Waals surface area (Å²) in [4.78, 5) is 0. The third-order valence-electron chi connectivity index (χ3n) is 8.39. The lowest BCUT2D eigenvalue weighted by atomic mass is 9.77. The number of rotatable bonds is 8. The van der Waals surface area contributed by atoms with Crippen molar-refractivity contribution < 1.29 is 23.0 Å². The second-order valence-electron chi connectivity index (χ2n) is 10.5. The summed E-state index contributed by atoms with van der Waals surface area (Å²) < 4.78 is 47.9. The van der Waals surface area contributed by atoms with E-state index in [9.17, 15) is 4.39 Å². The molecule has 1 aromatic carbocycles. The van der Waals surface area contributed by atoms with Gasteiger partial charge in [-0.15, -0.1) is 0 Å². The minimum Gasteiger partial charge on any atom is -0.378 e. The Morgan fingerprint density at radius 1 is 0.758 bits per heavy atom. The van der Waals surface area contributed by atoms with Crippen molar-refractivity contribution >= 4 is 0 Å². The maximum Gasteiger partial charge on any atom is 0.186 e. The monoisotopic (exact) mass is 464 g/mol. The van der Waals surface area contributed by atoms with Crippen molar-refractivity contribution in [1.29, 1.82) is 0 Å². The van der Waals surface area contributed by atoms with Crippen LogP contribution in [0.3, 0.4) is 0 Å². The van der Waals surface area contributed by atoms with Crippen molar-refractivity contribution in [2.24, 2.45) is 17.8 Å². The first kappa shape index (κ1) is 25.1. The summed E-state index contributed by atoms with van der Waals surface area (Å²) in [6.07, 6.45) is 11.9. The number of benzene rings is 1. The zero-order valence-electron chi connectivity index (χ0n) is 20.5. The standard InChI is InChI=1S/C28H42F2O3/c1-3-5-6-7-23-13-12-21(16-31-23)22-17-32-28(33-18-22)25-15-14-24(26(29)27(25)30)20-10-8-19(4-2)9-11-20/h14-15,19-23,28H,3-13,16-18H2,1-2H3. The van der Waals surface area contributed by atoms with E-state index in [2.05, 4.69) is 13.8 Å². The fourth-order valence-electron chi connectivity index (χ4n) is 5.98. The van der Waals surface area contributed by atoms with E-state index in [1.807, 2.05) is 0 Å². The molecule has 0 spiro atoms. The summed E-state index contributed by atoms with van der Waals surface area (Å²) in [5.74, 6) is -0.00615. The molecule has 2 saturated heterocycles. The Balaban J connectivity index is 1.28. The molecule has 2 aliphatic heterocycles. The molecule has 0 N–H and O–H groups in total. The van der Waals surface area contributed by atoms with Gasteiger partial charge in [0.05, 0.1) is 25.9 Å². The van der Waals surface area contributed by atoms with Crippen molar-refractivity contribution in [3.05, 3.63) is 34.9 Å². The van der Waals surface area contributed by atoms with E-state index in [1.54, 1.807) is 12.1 Å². The number of halogens is 2. The fourth-order valence-corrected chi connectivity index (χ4v) is 5.98. The van der Waals surface area contributed by atoms with E-state index in [1.165, 1.54) is 25.7 Å². The fraction of sp³-hybridized carbons (Fsp3) is 0.786. The van der Waals surface area contributed by atoms with Crippen molar-refractivity contribution in [2.45, 2.75) is 103 Å². The normalized spacial score (nSPS) is 33.2. The van der Waals surface area contributed by atoms with Gasteiger partial charge in [0.2, 0.25) is 0 Å². The predicted molar refractivity (Wildman–Crippen MR) is 126 cm³/mol. The van der Waals surface area contributed by atoms with Gasteiger partial charge in [0, 0.05) is 11.5 Å². The zero-order valence-corrected chi connectivity index (χ0v) is 20.5. The van der Waals surface area contributed by atoms with E-state index in [-0.39, 0.29) is 17.4 Å². The molecule has 1 aliphatic carbocycles. The average molecular weight is 465 g/mol. The van der Waals surface area contributed by atoms with Crippen LogP contribution in [-0.4, -0.2) is 25.9 Å². The van der Waals surface area contributed by atoms with Gasteiger partial charge in [0.25, 0.3) is 0 Å². The molecule has 1 saturated carbocycles. The topological polar surface area (TPSA) is 27.7 Å². The van der Waals surface area contributed by atoms with Crippen LogP contribution in [-0.2, 0) is 14.2 Å². The molecule has 5 heteroatoms. The summed E-state index contributed by atoms with van der Waals surface area (Å²) in [6, 6.07) is 3.44. The van der Waals surface area contributed by atoms with Gasteiger partial charge in [-0.2, -0.15) is 0 Å². The van der Waals surface area contributed by atoms with E-state index >= 15 is 4.39 Å². The molecule has 4 rings (SSSR count). The van der Waals surface area contributed by atoms with Crippen molar-refractivity contribution in [3.8, 4) is 0 Å². The van der Waals surface area contributed by atoms with Crippen LogP contribution in [0.4, 0.5) is 8.78 Å². The van der Waals surface area contributed by atoms with Crippen molar-refractivity contribution in [2.75, 3.05) is 19.8 Å². The Labute approximate surface area is 198 Å². The highest BCUT2D eigenvalue weighted by Gasteiger charge is 2.35. The molecule has 1 aromatic rings. The minimum atomic E-state index is -0.827. The summed E-state index contributed by atoms with van der Waals surface area (Å²) in [7, 11) is 0. The van der Waals surface area contributed by atoms with Gasteiger partial charge >= 0.3 is 0 Å². The molecule has 2 heterocycles. The molecule has 0 amide bonds. The maximum atomic E-state index is 15.0. The first-order chi connectivity index (χ1) is 16.1. The largest absolute Gasteiger partial charge is 0.378 e. The third kappa shape index (κ3) is 6.15. The van der Waals surface area contributed by atoms with Crippen LogP contribution in [0.15, 0.2) is 12.1 Å². The van der Waals surface area contributed by atoms with Gasteiger partial charge in [-0.1, -0.05) is 51.7 Å². The van der Waals surface area contributed by atoms with E-state index in [0.717, 1.165) is 57.5 Å². The van der Waals surface area contributed by atoms with Gasteiger partial charge in [0.1, 0.15) is 0 Å². The SMILES string of the molecule is CCCCCC1CCC(C2COC(c3ccc(C4CCC(CC)CC4)c(F)c3F)OC2)CO1. The molecule has 2 unspecified atom stereocenters. The van der Waals surface area contributed by atoms with Crippen LogP contribution >= 0.6 is 0 Å². The molecule has 0 aromatic heterocycles. The molecule has 33 heavy (non-hydrogen) atoms. The van der Waals surface area contributed by atoms with Crippen LogP contribution in [0.1, 0.15) is 108 Å². The van der Waals surface area contributed by atoms with Gasteiger partial charge in [-0.05, 0) is 68.3 Å². The molecule has 186 valence electrons. The van der Waals surface area contributed by atoms with E-state index < -0.39 is 17.9 Å². The summed E-state index contributed by atoms with van der Waals surface area (Å²) in [6.45, 7) is 6.19. The Morgan fingerprint density at radius 3 is 2.06 bits per heavy atom. The molecule has 0 radical (unpaired) electrons. The smallest absolute Gasteiger partial charge is 0.186 e. The molecular formula is C28H42F2O3. The lowest BCUT2D eigenvalue weighted by Crippen LogP contribution is -2.38. The first-order valence-corrected chi connectivity index (χ1v) is 13.4. The Kier molecular flexibility index (Phi) is 9.18. The molecule has 3 fully saturated rings. The second kappa shape index (κ2) is 12.1. The predicted octanol–water partition coefficient (Wildman–Crippen LogP) is 7.69. The molecule has 0 bridgehead atoms. The summed E-state index contributed by atoms with van der Waals surface area (Å²) >= 11 is 0. The minimum absolute atomic E-state index is 0.117. The zero-order chi connectivity index (χ0) is 23.2. The van der Waals surface area contributed by atoms with E-state index in [0.29, 0.717) is 30.8 Å². The van der Waals surface area contributed by atoms with Crippen LogP contribution < -0.4 is 0 Å². The number of unbranched alkanes of at least 4 members (excludes halogenated alkanes) is 2. The Morgan fingerprint density at radius 2 is 1.42 bits per heavy atom. The van der Waals surface area contributed by atoms with Crippen LogP contribution in [0.5, 0.6) is 0 Å². The Bertz CT molecular complexity index is 731. The second-order valence-corrected chi connectivity index (χ2v) is 10.5. The van der Waals surface area contributed by atoms with Gasteiger partial charge < -0.3 is 14.2 Å². The van der Waals surface area contributed by atoms with Crippen LogP contribution in [0, 0.1) is 29.4 Å². The number of hydrogen-bond acceptors (Lipinski definition) is 3. The lowest BCUT2D eigenvalue weighted by Gasteiger charge is -2.38. The number of ether oxygens (including phenoxy) is 3. The lowest BCUT2D eigenvalue weighted by molar-refractivity contribution is -0.221. The third-order valence-corrected chi connectivity index (χ3v) is 8.39. The molecule has 3 aliphatic rings. The molecule has 3 nitrogen and oxygen atoms in total. The van der Waals surface area contributed by atoms with Crippen LogP contribution in [0.2, 0.25) is 0 Å². The van der Waals surface area contributed by atoms with Crippen molar-refractivity contribution in [1.82, 2.24) is 0 Å². The van der Waals surface area contributed by atoms with Crippen molar-refractivity contribution in [3.63, 3.8) is 0 Å². The maximum absolute atomic E-state index is 15.0. The summed E-state index contributed by atoms with van der Waals surface area (Å²) in [5.41, 5.74) is 0.708. The number of hydrogen-bond donors (Lipinski definition) is 0. The van der Waals surface area contributed by atoms with Gasteiger partial charge in [0.15, 0.2) is 17.9 Å². The van der Waals surface area contributed by atoms with Crippen LogP contribution in [0.25, 0.3) is 0 Å². The highest BCUT2D eigenvalue weighted by atomic mass is 19.2. The van der Waals surface area contributed by atoms with Gasteiger partial charge in [-0.25, -0.2) is 8.78 Å².